The minimum atomic E-state index is 0.0145. The molecular weight excluding hydrogens is 349 g/mol. The van der Waals surface area contributed by atoms with Crippen molar-refractivity contribution in [3.8, 4) is 0 Å². The lowest BCUT2D eigenvalue weighted by Gasteiger charge is -2.17. The fraction of sp³-hybridized carbons (Fsp3) is 0.188. The van der Waals surface area contributed by atoms with Gasteiger partial charge in [0.1, 0.15) is 0 Å². The number of rotatable bonds is 3. The van der Waals surface area contributed by atoms with Crippen LogP contribution in [-0.2, 0) is 6.42 Å². The van der Waals surface area contributed by atoms with Crippen molar-refractivity contribution in [3.05, 3.63) is 63.2 Å². The van der Waals surface area contributed by atoms with Gasteiger partial charge in [-0.05, 0) is 71.0 Å². The molecule has 0 bridgehead atoms. The number of amides is 1. The van der Waals surface area contributed by atoms with Crippen LogP contribution in [0.4, 0.5) is 5.69 Å². The van der Waals surface area contributed by atoms with E-state index in [0.29, 0.717) is 5.56 Å². The van der Waals surface area contributed by atoms with Crippen molar-refractivity contribution in [2.24, 2.45) is 0 Å². The second kappa shape index (κ2) is 6.19. The highest BCUT2D eigenvalue weighted by molar-refractivity contribution is 14.1. The predicted octanol–water partition coefficient (Wildman–Crippen LogP) is 4.13. The molecule has 0 aliphatic heterocycles. The Kier molecular flexibility index (Phi) is 4.58. The Hall–Kier alpha value is -1.36. The van der Waals surface area contributed by atoms with Gasteiger partial charge in [0.05, 0.1) is 0 Å². The van der Waals surface area contributed by atoms with Crippen LogP contribution in [0.15, 0.2) is 48.5 Å². The van der Waals surface area contributed by atoms with Gasteiger partial charge in [-0.1, -0.05) is 19.1 Å². The monoisotopic (exact) mass is 365 g/mol. The van der Waals surface area contributed by atoms with Crippen molar-refractivity contribution in [3.63, 3.8) is 0 Å². The normalized spacial score (nSPS) is 10.3. The lowest BCUT2D eigenvalue weighted by Crippen LogP contribution is -2.26. The smallest absolute Gasteiger partial charge is 0.258 e. The topological polar surface area (TPSA) is 20.3 Å². The third-order valence-electron chi connectivity index (χ3n) is 3.13. The standard InChI is InChI=1S/C16H16INO/c1-3-12-4-10-15(11-5-12)18(2)16(19)13-6-8-14(17)9-7-13/h4-11H,3H2,1-2H3. The molecule has 2 aromatic rings. The van der Waals surface area contributed by atoms with Crippen LogP contribution in [0.3, 0.4) is 0 Å². The van der Waals surface area contributed by atoms with Crippen molar-refractivity contribution < 1.29 is 4.79 Å². The van der Waals surface area contributed by atoms with Crippen LogP contribution in [0.2, 0.25) is 0 Å². The summed E-state index contributed by atoms with van der Waals surface area (Å²) in [6.07, 6.45) is 1.01. The third kappa shape index (κ3) is 3.35. The zero-order chi connectivity index (χ0) is 13.8. The summed E-state index contributed by atoms with van der Waals surface area (Å²) < 4.78 is 1.13. The number of carbonyl (C=O) groups is 1. The summed E-state index contributed by atoms with van der Waals surface area (Å²) >= 11 is 2.23. The Balaban J connectivity index is 2.20. The second-order valence-electron chi connectivity index (χ2n) is 4.39. The van der Waals surface area contributed by atoms with Gasteiger partial charge in [-0.3, -0.25) is 4.79 Å². The van der Waals surface area contributed by atoms with Gasteiger partial charge in [0.15, 0.2) is 0 Å². The molecule has 0 saturated carbocycles. The first-order valence-electron chi connectivity index (χ1n) is 6.24. The van der Waals surface area contributed by atoms with Crippen molar-refractivity contribution in [2.75, 3.05) is 11.9 Å². The molecular formula is C16H16INO. The van der Waals surface area contributed by atoms with E-state index in [9.17, 15) is 4.79 Å². The number of aryl methyl sites for hydroxylation is 1. The Labute approximate surface area is 127 Å². The summed E-state index contributed by atoms with van der Waals surface area (Å²) in [7, 11) is 1.81. The van der Waals surface area contributed by atoms with Crippen LogP contribution < -0.4 is 4.90 Å². The Morgan fingerprint density at radius 1 is 1.05 bits per heavy atom. The minimum Gasteiger partial charge on any atom is -0.311 e. The van der Waals surface area contributed by atoms with E-state index in [-0.39, 0.29) is 5.91 Å². The van der Waals surface area contributed by atoms with Crippen molar-refractivity contribution in [1.29, 1.82) is 0 Å². The average molecular weight is 365 g/mol. The number of hydrogen-bond donors (Lipinski definition) is 0. The Bertz CT molecular complexity index is 560. The molecule has 0 aliphatic rings. The first-order valence-corrected chi connectivity index (χ1v) is 7.32. The maximum atomic E-state index is 12.3. The SMILES string of the molecule is CCc1ccc(N(C)C(=O)c2ccc(I)cc2)cc1. The molecule has 0 aromatic heterocycles. The molecule has 19 heavy (non-hydrogen) atoms. The predicted molar refractivity (Wildman–Crippen MR) is 87.7 cm³/mol. The molecule has 3 heteroatoms. The number of nitrogens with zero attached hydrogens (tertiary/aromatic N) is 1. The summed E-state index contributed by atoms with van der Waals surface area (Å²) in [6, 6.07) is 15.7. The molecule has 0 aliphatic carbocycles. The number of anilines is 1. The van der Waals surface area contributed by atoms with Crippen LogP contribution in [0.25, 0.3) is 0 Å². The van der Waals surface area contributed by atoms with Gasteiger partial charge in [0, 0.05) is 21.9 Å². The van der Waals surface area contributed by atoms with Crippen molar-refractivity contribution >= 4 is 34.2 Å². The lowest BCUT2D eigenvalue weighted by molar-refractivity contribution is 0.0993. The van der Waals surface area contributed by atoms with Gasteiger partial charge in [-0.2, -0.15) is 0 Å². The number of benzene rings is 2. The first-order chi connectivity index (χ1) is 9.11. The molecule has 2 rings (SSSR count). The van der Waals surface area contributed by atoms with E-state index in [2.05, 4.69) is 41.6 Å². The van der Waals surface area contributed by atoms with Gasteiger partial charge < -0.3 is 4.90 Å². The summed E-state index contributed by atoms with van der Waals surface area (Å²) in [4.78, 5) is 14.0. The molecule has 0 N–H and O–H groups in total. The number of halogens is 1. The van der Waals surface area contributed by atoms with E-state index in [0.717, 1.165) is 15.7 Å². The Morgan fingerprint density at radius 3 is 2.16 bits per heavy atom. The molecule has 0 heterocycles. The van der Waals surface area contributed by atoms with E-state index < -0.39 is 0 Å². The number of hydrogen-bond acceptors (Lipinski definition) is 1. The summed E-state index contributed by atoms with van der Waals surface area (Å²) in [5.74, 6) is 0.0145. The van der Waals surface area contributed by atoms with Gasteiger partial charge in [0.25, 0.3) is 5.91 Å². The van der Waals surface area contributed by atoms with Crippen LogP contribution in [-0.4, -0.2) is 13.0 Å². The zero-order valence-electron chi connectivity index (χ0n) is 11.1. The van der Waals surface area contributed by atoms with E-state index >= 15 is 0 Å². The van der Waals surface area contributed by atoms with Crippen LogP contribution >= 0.6 is 22.6 Å². The van der Waals surface area contributed by atoms with Gasteiger partial charge in [-0.25, -0.2) is 0 Å². The molecule has 2 aromatic carbocycles. The second-order valence-corrected chi connectivity index (χ2v) is 5.64. The maximum absolute atomic E-state index is 12.3. The minimum absolute atomic E-state index is 0.0145. The van der Waals surface area contributed by atoms with Gasteiger partial charge >= 0.3 is 0 Å². The quantitative estimate of drug-likeness (QED) is 0.749. The van der Waals surface area contributed by atoms with E-state index in [1.165, 1.54) is 5.56 Å². The largest absolute Gasteiger partial charge is 0.311 e. The van der Waals surface area contributed by atoms with Gasteiger partial charge in [-0.15, -0.1) is 0 Å². The highest BCUT2D eigenvalue weighted by Gasteiger charge is 2.12. The fourth-order valence-electron chi connectivity index (χ4n) is 1.86. The van der Waals surface area contributed by atoms with E-state index in [1.54, 1.807) is 11.9 Å². The fourth-order valence-corrected chi connectivity index (χ4v) is 2.22. The molecule has 0 radical (unpaired) electrons. The lowest BCUT2D eigenvalue weighted by atomic mass is 10.1. The highest BCUT2D eigenvalue weighted by atomic mass is 127. The van der Waals surface area contributed by atoms with Crippen LogP contribution in [0.5, 0.6) is 0 Å². The summed E-state index contributed by atoms with van der Waals surface area (Å²) in [6.45, 7) is 2.12. The van der Waals surface area contributed by atoms with Crippen LogP contribution in [0, 0.1) is 3.57 Å². The van der Waals surface area contributed by atoms with Crippen LogP contribution in [0.1, 0.15) is 22.8 Å². The number of carbonyl (C=O) groups excluding carboxylic acids is 1. The summed E-state index contributed by atoms with van der Waals surface area (Å²) in [5, 5.41) is 0. The molecule has 1 amide bonds. The zero-order valence-corrected chi connectivity index (χ0v) is 13.2. The van der Waals surface area contributed by atoms with E-state index in [1.807, 2.05) is 36.4 Å². The molecule has 0 spiro atoms. The molecule has 0 saturated heterocycles. The highest BCUT2D eigenvalue weighted by Crippen LogP contribution is 2.17. The third-order valence-corrected chi connectivity index (χ3v) is 3.85. The first kappa shape index (κ1) is 14.1. The van der Waals surface area contributed by atoms with Crippen molar-refractivity contribution in [2.45, 2.75) is 13.3 Å². The Morgan fingerprint density at radius 2 is 1.63 bits per heavy atom. The van der Waals surface area contributed by atoms with Gasteiger partial charge in [0.2, 0.25) is 0 Å². The molecule has 0 unspecified atom stereocenters. The van der Waals surface area contributed by atoms with Crippen molar-refractivity contribution in [1.82, 2.24) is 0 Å². The summed E-state index contributed by atoms with van der Waals surface area (Å²) in [5.41, 5.74) is 2.90. The maximum Gasteiger partial charge on any atom is 0.258 e. The molecule has 0 fully saturated rings. The molecule has 2 nitrogen and oxygen atoms in total. The van der Waals surface area contributed by atoms with E-state index in [4.69, 9.17) is 0 Å². The average Bonchev–Trinajstić information content (AvgIpc) is 2.46. The molecule has 98 valence electrons. The molecule has 0 atom stereocenters.